The van der Waals surface area contributed by atoms with Gasteiger partial charge >= 0.3 is 12.2 Å². The van der Waals surface area contributed by atoms with Crippen LogP contribution in [0.2, 0.25) is 0 Å². The van der Waals surface area contributed by atoms with Crippen molar-refractivity contribution in [2.45, 2.75) is 13.1 Å². The lowest BCUT2D eigenvalue weighted by Crippen LogP contribution is -2.19. The predicted octanol–water partition coefficient (Wildman–Crippen LogP) is 6.03. The highest BCUT2D eigenvalue weighted by Gasteiger charge is 2.30. The van der Waals surface area contributed by atoms with Gasteiger partial charge in [-0.25, -0.2) is 9.78 Å². The van der Waals surface area contributed by atoms with Crippen molar-refractivity contribution in [2.75, 3.05) is 10.6 Å². The van der Waals surface area contributed by atoms with E-state index < -0.39 is 17.8 Å². The molecule has 0 saturated carbocycles. The second kappa shape index (κ2) is 9.03. The van der Waals surface area contributed by atoms with Crippen LogP contribution in [0.3, 0.4) is 0 Å². The second-order valence-corrected chi connectivity index (χ2v) is 6.99. The van der Waals surface area contributed by atoms with Gasteiger partial charge in [0.15, 0.2) is 0 Å². The molecule has 0 radical (unpaired) electrons. The van der Waals surface area contributed by atoms with Gasteiger partial charge in [-0.3, -0.25) is 0 Å². The summed E-state index contributed by atoms with van der Waals surface area (Å²) in [5.41, 5.74) is -0.389. The van der Waals surface area contributed by atoms with E-state index in [0.29, 0.717) is 29.0 Å². The second-order valence-electron chi connectivity index (χ2n) is 6.99. The number of carbonyl (C=O) groups excluding carboxylic acids is 1. The Bertz CT molecular complexity index is 1260. The number of urea groups is 1. The van der Waals surface area contributed by atoms with Gasteiger partial charge in [-0.2, -0.15) is 18.2 Å². The van der Waals surface area contributed by atoms with Gasteiger partial charge in [0.25, 0.3) is 0 Å². The third kappa shape index (κ3) is 5.67. The normalized spacial score (nSPS) is 11.2. The molecule has 7 nitrogen and oxygen atoms in total. The number of nitrogens with one attached hydrogen (secondary N) is 2. The van der Waals surface area contributed by atoms with Crippen LogP contribution in [-0.4, -0.2) is 20.6 Å². The fraction of sp³-hybridized carbons (Fsp3) is 0.0870. The average molecular weight is 453 g/mol. The molecular weight excluding hydrogens is 435 g/mol. The molecule has 0 spiro atoms. The number of ether oxygens (including phenoxy) is 1. The highest BCUT2D eigenvalue weighted by molar-refractivity contribution is 5.99. The minimum absolute atomic E-state index is 0.0277. The largest absolute Gasteiger partial charge is 0.439 e. The Hall–Kier alpha value is -4.34. The van der Waals surface area contributed by atoms with Crippen molar-refractivity contribution in [1.82, 2.24) is 14.5 Å². The van der Waals surface area contributed by atoms with Gasteiger partial charge in [0.1, 0.15) is 17.4 Å². The summed E-state index contributed by atoms with van der Waals surface area (Å²) in [6.07, 6.45) is -0.776. The minimum Gasteiger partial charge on any atom is -0.439 e. The van der Waals surface area contributed by atoms with Crippen LogP contribution in [-0.2, 0) is 6.18 Å². The number of alkyl halides is 3. The number of anilines is 2. The first kappa shape index (κ1) is 21.9. The Balaban J connectivity index is 1.39. The van der Waals surface area contributed by atoms with E-state index in [1.165, 1.54) is 12.1 Å². The fourth-order valence-corrected chi connectivity index (χ4v) is 2.99. The predicted molar refractivity (Wildman–Crippen MR) is 117 cm³/mol. The smallest absolute Gasteiger partial charge is 0.416 e. The maximum Gasteiger partial charge on any atom is 0.416 e. The number of benzene rings is 2. The molecule has 10 heteroatoms. The molecule has 0 saturated heterocycles. The number of carbonyl (C=O) groups is 1. The van der Waals surface area contributed by atoms with Gasteiger partial charge in [-0.05, 0) is 61.5 Å². The topological polar surface area (TPSA) is 81.1 Å². The summed E-state index contributed by atoms with van der Waals surface area (Å²) in [7, 11) is 0. The lowest BCUT2D eigenvalue weighted by atomic mass is 10.2. The van der Waals surface area contributed by atoms with E-state index in [1.54, 1.807) is 37.3 Å². The standard InChI is InChI=1S/C23H18F3N5O2/c1-15-27-20(31-11-2-3-12-31)14-21(28-15)33-19-9-7-17(8-10-19)29-22(32)30-18-6-4-5-16(13-18)23(24,25)26/h2-14H,1H3,(H2,29,30,32). The first-order chi connectivity index (χ1) is 15.8. The number of aromatic nitrogens is 3. The van der Waals surface area contributed by atoms with Crippen LogP contribution < -0.4 is 15.4 Å². The lowest BCUT2D eigenvalue weighted by molar-refractivity contribution is -0.137. The number of hydrogen-bond acceptors (Lipinski definition) is 4. The molecule has 33 heavy (non-hydrogen) atoms. The summed E-state index contributed by atoms with van der Waals surface area (Å²) in [5, 5.41) is 4.94. The molecule has 0 aliphatic carbocycles. The highest BCUT2D eigenvalue weighted by atomic mass is 19.4. The molecule has 2 amide bonds. The van der Waals surface area contributed by atoms with E-state index in [0.717, 1.165) is 12.1 Å². The summed E-state index contributed by atoms with van der Waals surface area (Å²) in [4.78, 5) is 20.8. The summed E-state index contributed by atoms with van der Waals surface area (Å²) in [5.74, 6) is 2.04. The number of nitrogens with zero attached hydrogens (tertiary/aromatic N) is 3. The first-order valence-electron chi connectivity index (χ1n) is 9.78. The van der Waals surface area contributed by atoms with E-state index in [4.69, 9.17) is 4.74 Å². The number of aryl methyl sites for hydroxylation is 1. The van der Waals surface area contributed by atoms with Crippen molar-refractivity contribution >= 4 is 17.4 Å². The number of halogens is 3. The van der Waals surface area contributed by atoms with Crippen LogP contribution in [0.15, 0.2) is 79.1 Å². The zero-order valence-corrected chi connectivity index (χ0v) is 17.3. The maximum absolute atomic E-state index is 12.8. The molecule has 4 rings (SSSR count). The Kier molecular flexibility index (Phi) is 5.99. The zero-order chi connectivity index (χ0) is 23.4. The van der Waals surface area contributed by atoms with Gasteiger partial charge in [0.2, 0.25) is 5.88 Å². The van der Waals surface area contributed by atoms with Crippen molar-refractivity contribution in [3.63, 3.8) is 0 Å². The van der Waals surface area contributed by atoms with Gasteiger partial charge in [0.05, 0.1) is 5.56 Å². The van der Waals surface area contributed by atoms with Crippen LogP contribution in [0.25, 0.3) is 5.82 Å². The van der Waals surface area contributed by atoms with E-state index >= 15 is 0 Å². The molecule has 2 heterocycles. The van der Waals surface area contributed by atoms with Crippen molar-refractivity contribution in [1.29, 1.82) is 0 Å². The van der Waals surface area contributed by atoms with Gasteiger partial charge < -0.3 is 19.9 Å². The molecule has 0 bridgehead atoms. The van der Waals surface area contributed by atoms with Gasteiger partial charge in [0, 0.05) is 29.8 Å². The van der Waals surface area contributed by atoms with Crippen LogP contribution in [0, 0.1) is 6.92 Å². The number of rotatable bonds is 5. The van der Waals surface area contributed by atoms with Gasteiger partial charge in [-0.1, -0.05) is 6.07 Å². The van der Waals surface area contributed by atoms with Gasteiger partial charge in [-0.15, -0.1) is 0 Å². The molecule has 168 valence electrons. The Labute approximate surface area is 186 Å². The van der Waals surface area contributed by atoms with Crippen molar-refractivity contribution < 1.29 is 22.7 Å². The lowest BCUT2D eigenvalue weighted by Gasteiger charge is -2.11. The molecule has 4 aromatic rings. The monoisotopic (exact) mass is 453 g/mol. The third-order valence-corrected chi connectivity index (χ3v) is 4.45. The van der Waals surface area contributed by atoms with Crippen LogP contribution in [0.4, 0.5) is 29.3 Å². The van der Waals surface area contributed by atoms with Crippen LogP contribution in [0.1, 0.15) is 11.4 Å². The Morgan fingerprint density at radius 3 is 2.30 bits per heavy atom. The van der Waals surface area contributed by atoms with Crippen molar-refractivity contribution in [2.24, 2.45) is 0 Å². The molecule has 2 aromatic heterocycles. The maximum atomic E-state index is 12.8. The molecule has 0 atom stereocenters. The molecule has 2 aromatic carbocycles. The summed E-state index contributed by atoms with van der Waals surface area (Å²) in [6, 6.07) is 15.6. The molecular formula is C23H18F3N5O2. The van der Waals surface area contributed by atoms with Crippen LogP contribution >= 0.6 is 0 Å². The Morgan fingerprint density at radius 1 is 0.909 bits per heavy atom. The molecule has 0 unspecified atom stereocenters. The zero-order valence-electron chi connectivity index (χ0n) is 17.3. The molecule has 2 N–H and O–H groups in total. The fourth-order valence-electron chi connectivity index (χ4n) is 2.99. The first-order valence-corrected chi connectivity index (χ1v) is 9.78. The average Bonchev–Trinajstić information content (AvgIpc) is 3.29. The number of amides is 2. The van der Waals surface area contributed by atoms with E-state index in [9.17, 15) is 18.0 Å². The molecule has 0 aliphatic rings. The minimum atomic E-state index is -4.49. The number of hydrogen-bond donors (Lipinski definition) is 2. The van der Waals surface area contributed by atoms with Crippen LogP contribution in [0.5, 0.6) is 11.6 Å². The third-order valence-electron chi connectivity index (χ3n) is 4.45. The van der Waals surface area contributed by atoms with E-state index in [2.05, 4.69) is 20.6 Å². The van der Waals surface area contributed by atoms with E-state index in [-0.39, 0.29) is 5.69 Å². The molecule has 0 aliphatic heterocycles. The summed E-state index contributed by atoms with van der Waals surface area (Å²) < 4.78 is 46.1. The summed E-state index contributed by atoms with van der Waals surface area (Å²) >= 11 is 0. The molecule has 0 fully saturated rings. The van der Waals surface area contributed by atoms with Crippen molar-refractivity contribution in [3.05, 3.63) is 90.5 Å². The Morgan fingerprint density at radius 2 is 1.61 bits per heavy atom. The SMILES string of the molecule is Cc1nc(Oc2ccc(NC(=O)Nc3cccc(C(F)(F)F)c3)cc2)cc(-n2cccc2)n1. The summed E-state index contributed by atoms with van der Waals surface area (Å²) in [6.45, 7) is 1.76. The quantitative estimate of drug-likeness (QED) is 0.387. The van der Waals surface area contributed by atoms with E-state index in [1.807, 2.05) is 29.1 Å². The van der Waals surface area contributed by atoms with Crippen molar-refractivity contribution in [3.8, 4) is 17.4 Å². The highest BCUT2D eigenvalue weighted by Crippen LogP contribution is 2.30.